The van der Waals surface area contributed by atoms with E-state index in [9.17, 15) is 0 Å². The Morgan fingerprint density at radius 1 is 1.28 bits per heavy atom. The first-order valence-corrected chi connectivity index (χ1v) is 5.82. The molecule has 0 spiro atoms. The van der Waals surface area contributed by atoms with Gasteiger partial charge in [0, 0.05) is 5.02 Å². The first kappa shape index (κ1) is 12.8. The van der Waals surface area contributed by atoms with E-state index in [4.69, 9.17) is 33.6 Å². The molecule has 5 nitrogen and oxygen atoms in total. The minimum atomic E-state index is -0.459. The third kappa shape index (κ3) is 2.59. The van der Waals surface area contributed by atoms with Crippen LogP contribution in [-0.4, -0.2) is 11.2 Å². The Bertz CT molecular complexity index is 501. The number of hydrogen-bond acceptors (Lipinski definition) is 5. The first-order chi connectivity index (χ1) is 8.59. The fourth-order valence-electron chi connectivity index (χ4n) is 1.56. The van der Waals surface area contributed by atoms with E-state index in [1.807, 2.05) is 18.2 Å². The van der Waals surface area contributed by atoms with Gasteiger partial charge in [0.15, 0.2) is 0 Å². The van der Waals surface area contributed by atoms with Gasteiger partial charge in [-0.25, -0.2) is 5.06 Å². The van der Waals surface area contributed by atoms with E-state index in [-0.39, 0.29) is 6.61 Å². The van der Waals surface area contributed by atoms with Crippen molar-refractivity contribution in [1.82, 2.24) is 5.06 Å². The minimum Gasteiger partial charge on any atom is -0.396 e. The van der Waals surface area contributed by atoms with Crippen LogP contribution in [0.15, 0.2) is 47.9 Å². The van der Waals surface area contributed by atoms with E-state index in [1.54, 1.807) is 18.2 Å². The van der Waals surface area contributed by atoms with Gasteiger partial charge in [-0.1, -0.05) is 29.8 Å². The van der Waals surface area contributed by atoms with Crippen LogP contribution in [0.1, 0.15) is 5.56 Å². The SMILES string of the molecule is NC1=C(N)N(OCc2ccccc2Cl)C(N)C=C1. The van der Waals surface area contributed by atoms with Crippen molar-refractivity contribution >= 4 is 11.6 Å². The lowest BCUT2D eigenvalue weighted by atomic mass is 10.2. The summed E-state index contributed by atoms with van der Waals surface area (Å²) in [4.78, 5) is 5.55. The van der Waals surface area contributed by atoms with Crippen molar-refractivity contribution in [3.63, 3.8) is 0 Å². The molecular weight excluding hydrogens is 252 g/mol. The molecule has 0 amide bonds. The van der Waals surface area contributed by atoms with E-state index in [2.05, 4.69) is 0 Å². The topological polar surface area (TPSA) is 90.5 Å². The van der Waals surface area contributed by atoms with Gasteiger partial charge in [-0.3, -0.25) is 4.84 Å². The maximum Gasteiger partial charge on any atom is 0.149 e. The Balaban J connectivity index is 2.07. The van der Waals surface area contributed by atoms with E-state index < -0.39 is 6.17 Å². The number of nitrogens with two attached hydrogens (primary N) is 3. The Labute approximate surface area is 110 Å². The highest BCUT2D eigenvalue weighted by Gasteiger charge is 2.20. The quantitative estimate of drug-likeness (QED) is 0.760. The smallest absolute Gasteiger partial charge is 0.149 e. The highest BCUT2D eigenvalue weighted by molar-refractivity contribution is 6.31. The molecule has 0 radical (unpaired) electrons. The standard InChI is InChI=1S/C12H15ClN4O/c13-9-4-2-1-3-8(9)7-18-17-11(15)6-5-10(14)12(17)16/h1-6,11H,7,14-16H2. The molecule has 0 aromatic heterocycles. The molecular formula is C12H15ClN4O. The summed E-state index contributed by atoms with van der Waals surface area (Å²) in [6.07, 6.45) is 2.91. The largest absolute Gasteiger partial charge is 0.396 e. The Hall–Kier alpha value is -1.69. The monoisotopic (exact) mass is 266 g/mol. The van der Waals surface area contributed by atoms with Crippen molar-refractivity contribution in [2.75, 3.05) is 0 Å². The van der Waals surface area contributed by atoms with E-state index >= 15 is 0 Å². The number of rotatable bonds is 3. The van der Waals surface area contributed by atoms with E-state index in [1.165, 1.54) is 5.06 Å². The maximum absolute atomic E-state index is 6.03. The second kappa shape index (κ2) is 5.30. The molecule has 1 aliphatic rings. The van der Waals surface area contributed by atoms with Gasteiger partial charge in [0.05, 0.1) is 5.70 Å². The molecule has 0 aliphatic carbocycles. The number of allylic oxidation sites excluding steroid dienone is 1. The summed E-state index contributed by atoms with van der Waals surface area (Å²) in [6, 6.07) is 7.41. The van der Waals surface area contributed by atoms with Crippen LogP contribution in [-0.2, 0) is 11.4 Å². The average Bonchev–Trinajstić information content (AvgIpc) is 2.36. The van der Waals surface area contributed by atoms with Crippen LogP contribution in [0.25, 0.3) is 0 Å². The molecule has 0 saturated carbocycles. The number of hydroxylamine groups is 2. The van der Waals surface area contributed by atoms with Gasteiger partial charge >= 0.3 is 0 Å². The fraction of sp³-hybridized carbons (Fsp3) is 0.167. The molecule has 1 unspecified atom stereocenters. The molecule has 18 heavy (non-hydrogen) atoms. The molecule has 1 heterocycles. The normalized spacial score (nSPS) is 19.4. The van der Waals surface area contributed by atoms with Gasteiger partial charge in [-0.05, 0) is 23.8 Å². The van der Waals surface area contributed by atoms with Gasteiger partial charge < -0.3 is 17.2 Å². The number of nitrogens with zero attached hydrogens (tertiary/aromatic N) is 1. The van der Waals surface area contributed by atoms with Crippen molar-refractivity contribution in [3.8, 4) is 0 Å². The summed E-state index contributed by atoms with van der Waals surface area (Å²) in [7, 11) is 0. The summed E-state index contributed by atoms with van der Waals surface area (Å²) >= 11 is 6.03. The molecule has 2 rings (SSSR count). The highest BCUT2D eigenvalue weighted by atomic mass is 35.5. The predicted octanol–water partition coefficient (Wildman–Crippen LogP) is 1.01. The molecule has 6 heteroatoms. The van der Waals surface area contributed by atoms with Gasteiger partial charge in [0.1, 0.15) is 18.6 Å². The third-order valence-electron chi connectivity index (χ3n) is 2.59. The molecule has 1 aliphatic heterocycles. The maximum atomic E-state index is 6.03. The lowest BCUT2D eigenvalue weighted by molar-refractivity contribution is -0.161. The second-order valence-corrected chi connectivity index (χ2v) is 4.29. The van der Waals surface area contributed by atoms with Crippen molar-refractivity contribution in [1.29, 1.82) is 0 Å². The summed E-state index contributed by atoms with van der Waals surface area (Å²) in [5.41, 5.74) is 18.6. The molecule has 6 N–H and O–H groups in total. The predicted molar refractivity (Wildman–Crippen MR) is 70.6 cm³/mol. The molecule has 0 saturated heterocycles. The van der Waals surface area contributed by atoms with Crippen molar-refractivity contribution in [2.45, 2.75) is 12.8 Å². The van der Waals surface area contributed by atoms with Crippen molar-refractivity contribution in [3.05, 3.63) is 58.5 Å². The van der Waals surface area contributed by atoms with Crippen LogP contribution >= 0.6 is 11.6 Å². The van der Waals surface area contributed by atoms with E-state index in [0.717, 1.165) is 5.56 Å². The van der Waals surface area contributed by atoms with Crippen molar-refractivity contribution < 1.29 is 4.84 Å². The Morgan fingerprint density at radius 3 is 2.72 bits per heavy atom. The highest BCUT2D eigenvalue weighted by Crippen LogP contribution is 2.19. The van der Waals surface area contributed by atoms with Crippen LogP contribution in [0.5, 0.6) is 0 Å². The zero-order valence-corrected chi connectivity index (χ0v) is 10.5. The summed E-state index contributed by atoms with van der Waals surface area (Å²) in [5.74, 6) is 0.303. The molecule has 0 fully saturated rings. The summed E-state index contributed by atoms with van der Waals surface area (Å²) < 4.78 is 0. The number of halogens is 1. The van der Waals surface area contributed by atoms with Gasteiger partial charge in [0.2, 0.25) is 0 Å². The van der Waals surface area contributed by atoms with Gasteiger partial charge in [-0.2, -0.15) is 0 Å². The zero-order valence-electron chi connectivity index (χ0n) is 9.71. The first-order valence-electron chi connectivity index (χ1n) is 5.44. The zero-order chi connectivity index (χ0) is 13.1. The van der Waals surface area contributed by atoms with Crippen LogP contribution in [0, 0.1) is 0 Å². The molecule has 96 valence electrons. The molecule has 1 aromatic rings. The molecule has 1 atom stereocenters. The summed E-state index contributed by atoms with van der Waals surface area (Å²) in [5, 5.41) is 2.01. The average molecular weight is 267 g/mol. The number of benzene rings is 1. The van der Waals surface area contributed by atoms with Crippen molar-refractivity contribution in [2.24, 2.45) is 17.2 Å². The van der Waals surface area contributed by atoms with Crippen LogP contribution in [0.3, 0.4) is 0 Å². The van der Waals surface area contributed by atoms with E-state index in [0.29, 0.717) is 16.5 Å². The molecule has 0 bridgehead atoms. The number of hydrogen-bond donors (Lipinski definition) is 3. The minimum absolute atomic E-state index is 0.273. The Morgan fingerprint density at radius 2 is 2.00 bits per heavy atom. The van der Waals surface area contributed by atoms with Gasteiger partial charge in [0.25, 0.3) is 0 Å². The third-order valence-corrected chi connectivity index (χ3v) is 2.96. The lowest BCUT2D eigenvalue weighted by Gasteiger charge is -2.31. The summed E-state index contributed by atoms with van der Waals surface area (Å²) in [6.45, 7) is 0.273. The van der Waals surface area contributed by atoms with Crippen LogP contribution in [0.4, 0.5) is 0 Å². The Kier molecular flexibility index (Phi) is 3.76. The van der Waals surface area contributed by atoms with Crippen LogP contribution in [0.2, 0.25) is 5.02 Å². The van der Waals surface area contributed by atoms with Crippen LogP contribution < -0.4 is 17.2 Å². The van der Waals surface area contributed by atoms with Gasteiger partial charge in [-0.15, -0.1) is 0 Å². The molecule has 1 aromatic carbocycles. The lowest BCUT2D eigenvalue weighted by Crippen LogP contribution is -2.45. The fourth-order valence-corrected chi connectivity index (χ4v) is 1.75. The second-order valence-electron chi connectivity index (χ2n) is 3.88.